The third-order valence-electron chi connectivity index (χ3n) is 7.26. The van der Waals surface area contributed by atoms with Crippen LogP contribution in [0.15, 0.2) is 30.3 Å². The Balaban J connectivity index is 1.51. The molecule has 41 heavy (non-hydrogen) atoms. The Labute approximate surface area is 239 Å². The standard InChI is InChI=1S/C29H38N8O4/c1-16(2)10-23(35-29(40)24-13-20-21(33-24)6-5-7-26(20)41-4)28(39)34-22(12-18-8-9-31-27(18)38)25(14-30)32-15-19-11-17(3)36-37-19/h5-7,11,13,16,18,22-23,25,32-33H,8-10,12,15H2,1-4H3,(H,31,38)(H,34,39)(H,35,40)(H,36,37). The zero-order valence-electron chi connectivity index (χ0n) is 23.8. The molecule has 12 heteroatoms. The van der Waals surface area contributed by atoms with Crippen LogP contribution in [0.5, 0.6) is 5.75 Å². The molecule has 3 amide bonds. The molecule has 2 aromatic heterocycles. The van der Waals surface area contributed by atoms with Crippen molar-refractivity contribution in [3.8, 4) is 11.8 Å². The van der Waals surface area contributed by atoms with Crippen LogP contribution in [-0.4, -0.2) is 64.7 Å². The zero-order chi connectivity index (χ0) is 29.5. The number of hydrogen-bond donors (Lipinski definition) is 6. The number of ether oxygens (including phenoxy) is 1. The molecule has 1 saturated heterocycles. The molecule has 6 N–H and O–H groups in total. The van der Waals surface area contributed by atoms with Crippen LogP contribution in [0.1, 0.15) is 55.0 Å². The quantitative estimate of drug-likeness (QED) is 0.185. The molecule has 0 saturated carbocycles. The molecule has 3 heterocycles. The maximum atomic E-state index is 13.7. The Hall–Kier alpha value is -4.37. The summed E-state index contributed by atoms with van der Waals surface area (Å²) in [5.74, 6) is -0.531. The van der Waals surface area contributed by atoms with Crippen molar-refractivity contribution in [1.29, 1.82) is 5.26 Å². The highest BCUT2D eigenvalue weighted by molar-refractivity contribution is 6.01. The van der Waals surface area contributed by atoms with E-state index in [1.165, 1.54) is 0 Å². The summed E-state index contributed by atoms with van der Waals surface area (Å²) in [7, 11) is 1.57. The predicted octanol–water partition coefficient (Wildman–Crippen LogP) is 2.05. The minimum Gasteiger partial charge on any atom is -0.496 e. The Morgan fingerprint density at radius 2 is 2.05 bits per heavy atom. The summed E-state index contributed by atoms with van der Waals surface area (Å²) in [4.78, 5) is 42.4. The minimum atomic E-state index is -0.856. The molecule has 4 atom stereocenters. The summed E-state index contributed by atoms with van der Waals surface area (Å²) in [6.07, 6.45) is 1.30. The van der Waals surface area contributed by atoms with Crippen LogP contribution in [0.4, 0.5) is 0 Å². The number of rotatable bonds is 13. The van der Waals surface area contributed by atoms with Gasteiger partial charge in [-0.25, -0.2) is 0 Å². The number of aromatic nitrogens is 3. The minimum absolute atomic E-state index is 0.0913. The first kappa shape index (κ1) is 29.6. The highest BCUT2D eigenvalue weighted by Crippen LogP contribution is 2.26. The number of H-pyrrole nitrogens is 2. The number of methoxy groups -OCH3 is 1. The first-order valence-electron chi connectivity index (χ1n) is 13.9. The SMILES string of the molecule is COc1cccc2[nH]c(C(=O)NC(CC(C)C)C(=O)NC(CC3CCNC3=O)C(C#N)NCc3cc(C)n[nH]3)cc12. The normalized spacial score (nSPS) is 17.1. The molecule has 3 aromatic rings. The number of nitriles is 1. The maximum Gasteiger partial charge on any atom is 0.268 e. The van der Waals surface area contributed by atoms with Crippen molar-refractivity contribution in [2.45, 2.75) is 64.7 Å². The number of carbonyl (C=O) groups excluding carboxylic acids is 3. The lowest BCUT2D eigenvalue weighted by atomic mass is 9.93. The van der Waals surface area contributed by atoms with Crippen LogP contribution in [0.25, 0.3) is 10.9 Å². The molecule has 1 aliphatic rings. The summed E-state index contributed by atoms with van der Waals surface area (Å²) < 4.78 is 5.40. The van der Waals surface area contributed by atoms with Gasteiger partial charge in [-0.1, -0.05) is 19.9 Å². The van der Waals surface area contributed by atoms with Gasteiger partial charge in [-0.3, -0.25) is 24.8 Å². The van der Waals surface area contributed by atoms with E-state index in [-0.39, 0.29) is 24.2 Å². The molecule has 4 rings (SSSR count). The first-order chi connectivity index (χ1) is 19.7. The van der Waals surface area contributed by atoms with E-state index >= 15 is 0 Å². The molecule has 218 valence electrons. The fraction of sp³-hybridized carbons (Fsp3) is 0.483. The van der Waals surface area contributed by atoms with E-state index in [0.717, 1.165) is 22.3 Å². The topological polar surface area (TPSA) is 177 Å². The molecular weight excluding hydrogens is 524 g/mol. The molecule has 1 aliphatic heterocycles. The number of nitrogens with one attached hydrogen (secondary N) is 6. The van der Waals surface area contributed by atoms with Gasteiger partial charge in [0.15, 0.2) is 0 Å². The number of fused-ring (bicyclic) bond motifs is 1. The number of carbonyl (C=O) groups is 3. The van der Waals surface area contributed by atoms with Crippen molar-refractivity contribution in [3.63, 3.8) is 0 Å². The predicted molar refractivity (Wildman–Crippen MR) is 153 cm³/mol. The Kier molecular flexibility index (Phi) is 9.62. The fourth-order valence-electron chi connectivity index (χ4n) is 5.17. The third kappa shape index (κ3) is 7.43. The number of nitrogens with zero attached hydrogens (tertiary/aromatic N) is 2. The molecular formula is C29H38N8O4. The van der Waals surface area contributed by atoms with Gasteiger partial charge in [0.05, 0.1) is 24.9 Å². The number of aromatic amines is 2. The second-order valence-electron chi connectivity index (χ2n) is 10.9. The van der Waals surface area contributed by atoms with E-state index in [4.69, 9.17) is 4.74 Å². The second kappa shape index (κ2) is 13.3. The number of amides is 3. The van der Waals surface area contributed by atoms with Gasteiger partial charge in [0, 0.05) is 35.6 Å². The second-order valence-corrected chi connectivity index (χ2v) is 10.9. The molecule has 0 aliphatic carbocycles. The molecule has 1 fully saturated rings. The highest BCUT2D eigenvalue weighted by Gasteiger charge is 2.34. The van der Waals surface area contributed by atoms with Gasteiger partial charge in [-0.2, -0.15) is 10.4 Å². The van der Waals surface area contributed by atoms with Gasteiger partial charge in [0.25, 0.3) is 5.91 Å². The van der Waals surface area contributed by atoms with Gasteiger partial charge in [0.2, 0.25) is 11.8 Å². The van der Waals surface area contributed by atoms with Crippen LogP contribution < -0.4 is 26.0 Å². The average molecular weight is 563 g/mol. The monoisotopic (exact) mass is 562 g/mol. The smallest absolute Gasteiger partial charge is 0.268 e. The molecule has 0 radical (unpaired) electrons. The summed E-state index contributed by atoms with van der Waals surface area (Å²) >= 11 is 0. The summed E-state index contributed by atoms with van der Waals surface area (Å²) in [5.41, 5.74) is 2.66. The largest absolute Gasteiger partial charge is 0.496 e. The molecule has 4 unspecified atom stereocenters. The summed E-state index contributed by atoms with van der Waals surface area (Å²) in [6, 6.07) is 8.98. The van der Waals surface area contributed by atoms with E-state index in [1.807, 2.05) is 45.0 Å². The van der Waals surface area contributed by atoms with E-state index < -0.39 is 29.9 Å². The van der Waals surface area contributed by atoms with E-state index in [0.29, 0.717) is 37.4 Å². The third-order valence-corrected chi connectivity index (χ3v) is 7.26. The van der Waals surface area contributed by atoms with Crippen LogP contribution in [0.2, 0.25) is 0 Å². The van der Waals surface area contributed by atoms with Gasteiger partial charge < -0.3 is 25.7 Å². The Bertz CT molecular complexity index is 1420. The van der Waals surface area contributed by atoms with Crippen molar-refractivity contribution in [2.24, 2.45) is 11.8 Å². The van der Waals surface area contributed by atoms with Crippen molar-refractivity contribution in [1.82, 2.24) is 36.4 Å². The molecule has 12 nitrogen and oxygen atoms in total. The summed E-state index contributed by atoms with van der Waals surface area (Å²) in [5, 5.41) is 29.7. The lowest BCUT2D eigenvalue weighted by Gasteiger charge is -2.28. The van der Waals surface area contributed by atoms with Gasteiger partial charge >= 0.3 is 0 Å². The Morgan fingerprint density at radius 3 is 2.68 bits per heavy atom. The molecule has 0 spiro atoms. The van der Waals surface area contributed by atoms with Gasteiger partial charge in [0.1, 0.15) is 23.5 Å². The van der Waals surface area contributed by atoms with Crippen LogP contribution in [-0.2, 0) is 16.1 Å². The van der Waals surface area contributed by atoms with E-state index in [9.17, 15) is 19.6 Å². The first-order valence-corrected chi connectivity index (χ1v) is 13.9. The van der Waals surface area contributed by atoms with Crippen LogP contribution in [0, 0.1) is 30.1 Å². The number of aryl methyl sites for hydroxylation is 1. The summed E-state index contributed by atoms with van der Waals surface area (Å²) in [6.45, 7) is 6.68. The fourth-order valence-corrected chi connectivity index (χ4v) is 5.17. The van der Waals surface area contributed by atoms with Crippen molar-refractivity contribution in [3.05, 3.63) is 47.4 Å². The van der Waals surface area contributed by atoms with Crippen molar-refractivity contribution >= 4 is 28.6 Å². The average Bonchev–Trinajstić information content (AvgIpc) is 3.67. The zero-order valence-corrected chi connectivity index (χ0v) is 23.8. The van der Waals surface area contributed by atoms with Crippen molar-refractivity contribution < 1.29 is 19.1 Å². The molecule has 1 aromatic carbocycles. The van der Waals surface area contributed by atoms with Crippen LogP contribution in [0.3, 0.4) is 0 Å². The van der Waals surface area contributed by atoms with Crippen molar-refractivity contribution in [2.75, 3.05) is 13.7 Å². The highest BCUT2D eigenvalue weighted by atomic mass is 16.5. The molecule has 0 bridgehead atoms. The van der Waals surface area contributed by atoms with E-state index in [1.54, 1.807) is 13.2 Å². The maximum absolute atomic E-state index is 13.7. The lowest BCUT2D eigenvalue weighted by molar-refractivity contribution is -0.126. The van der Waals surface area contributed by atoms with Crippen LogP contribution >= 0.6 is 0 Å². The Morgan fingerprint density at radius 1 is 1.24 bits per heavy atom. The lowest BCUT2D eigenvalue weighted by Crippen LogP contribution is -2.56. The van der Waals surface area contributed by atoms with Gasteiger partial charge in [-0.05, 0) is 56.4 Å². The van der Waals surface area contributed by atoms with E-state index in [2.05, 4.69) is 42.5 Å². The number of hydrogen-bond acceptors (Lipinski definition) is 7. The van der Waals surface area contributed by atoms with Gasteiger partial charge in [-0.15, -0.1) is 0 Å². The number of benzene rings is 1.